The molecule has 2 aliphatic heterocycles. The standard InChI is InChI=1S/C9H16O5/c1-3-9(2)13-7-6(11)5(4-10)12-8(7)14-9/h5-8,10-11H,3-4H2,1-2H3/t5-,6+,7-,8-,9?/m1/s1. The van der Waals surface area contributed by atoms with Crippen LogP contribution in [0.5, 0.6) is 0 Å². The first kappa shape index (κ1) is 10.3. The zero-order valence-electron chi connectivity index (χ0n) is 8.34. The van der Waals surface area contributed by atoms with Crippen LogP contribution in [0.4, 0.5) is 0 Å². The third kappa shape index (κ3) is 1.45. The van der Waals surface area contributed by atoms with Gasteiger partial charge in [0.05, 0.1) is 6.61 Å². The van der Waals surface area contributed by atoms with Crippen LogP contribution in [0.25, 0.3) is 0 Å². The quantitative estimate of drug-likeness (QED) is 0.641. The lowest BCUT2D eigenvalue weighted by Crippen LogP contribution is -2.36. The molecule has 82 valence electrons. The number of fused-ring (bicyclic) bond motifs is 1. The van der Waals surface area contributed by atoms with Crippen LogP contribution in [0.15, 0.2) is 0 Å². The van der Waals surface area contributed by atoms with Gasteiger partial charge in [0.15, 0.2) is 12.1 Å². The Morgan fingerprint density at radius 1 is 1.36 bits per heavy atom. The van der Waals surface area contributed by atoms with Crippen LogP contribution in [-0.4, -0.2) is 47.2 Å². The van der Waals surface area contributed by atoms with Gasteiger partial charge in [-0.3, -0.25) is 0 Å². The van der Waals surface area contributed by atoms with Crippen molar-refractivity contribution in [3.63, 3.8) is 0 Å². The maximum absolute atomic E-state index is 9.70. The molecule has 5 heteroatoms. The molecule has 14 heavy (non-hydrogen) atoms. The van der Waals surface area contributed by atoms with E-state index in [4.69, 9.17) is 19.3 Å². The first-order valence-electron chi connectivity index (χ1n) is 4.89. The molecule has 1 unspecified atom stereocenters. The zero-order valence-corrected chi connectivity index (χ0v) is 8.34. The minimum absolute atomic E-state index is 0.219. The Kier molecular flexibility index (Phi) is 2.53. The summed E-state index contributed by atoms with van der Waals surface area (Å²) >= 11 is 0. The van der Waals surface area contributed by atoms with E-state index in [0.29, 0.717) is 6.42 Å². The lowest BCUT2D eigenvalue weighted by Gasteiger charge is -2.24. The smallest absolute Gasteiger partial charge is 0.190 e. The zero-order chi connectivity index (χ0) is 10.3. The number of aliphatic hydroxyl groups is 2. The fourth-order valence-corrected chi connectivity index (χ4v) is 1.80. The van der Waals surface area contributed by atoms with Crippen molar-refractivity contribution in [2.24, 2.45) is 0 Å². The maximum atomic E-state index is 9.70. The predicted molar refractivity (Wildman–Crippen MR) is 46.4 cm³/mol. The van der Waals surface area contributed by atoms with Gasteiger partial charge in [-0.15, -0.1) is 0 Å². The van der Waals surface area contributed by atoms with E-state index in [1.165, 1.54) is 0 Å². The van der Waals surface area contributed by atoms with Crippen LogP contribution in [0.1, 0.15) is 20.3 Å². The highest BCUT2D eigenvalue weighted by molar-refractivity contribution is 4.93. The average Bonchev–Trinajstić information content (AvgIpc) is 2.64. The van der Waals surface area contributed by atoms with E-state index in [-0.39, 0.29) is 6.61 Å². The van der Waals surface area contributed by atoms with Gasteiger partial charge in [-0.2, -0.15) is 0 Å². The molecule has 2 heterocycles. The molecular weight excluding hydrogens is 188 g/mol. The number of hydrogen-bond donors (Lipinski definition) is 2. The summed E-state index contributed by atoms with van der Waals surface area (Å²) in [5, 5.41) is 18.6. The SMILES string of the molecule is CCC1(C)O[C@H]2O[C@H](CO)[C@H](O)[C@H]2O1. The molecule has 5 atom stereocenters. The Balaban J connectivity index is 2.05. The first-order chi connectivity index (χ1) is 6.59. The maximum Gasteiger partial charge on any atom is 0.190 e. The second-order valence-corrected chi connectivity index (χ2v) is 3.90. The fourth-order valence-electron chi connectivity index (χ4n) is 1.80. The van der Waals surface area contributed by atoms with Crippen LogP contribution >= 0.6 is 0 Å². The van der Waals surface area contributed by atoms with Gasteiger partial charge in [-0.05, 0) is 13.3 Å². The van der Waals surface area contributed by atoms with Gasteiger partial charge in [0.2, 0.25) is 0 Å². The highest BCUT2D eigenvalue weighted by Crippen LogP contribution is 2.38. The van der Waals surface area contributed by atoms with Gasteiger partial charge >= 0.3 is 0 Å². The Bertz CT molecular complexity index is 221. The topological polar surface area (TPSA) is 68.2 Å². The summed E-state index contributed by atoms with van der Waals surface area (Å²) in [6.45, 7) is 3.54. The number of rotatable bonds is 2. The lowest BCUT2D eigenvalue weighted by molar-refractivity contribution is -0.228. The summed E-state index contributed by atoms with van der Waals surface area (Å²) in [7, 11) is 0. The summed E-state index contributed by atoms with van der Waals surface area (Å²) in [6, 6.07) is 0. The molecule has 2 N–H and O–H groups in total. The molecule has 2 fully saturated rings. The molecule has 0 spiro atoms. The van der Waals surface area contributed by atoms with Crippen molar-refractivity contribution < 1.29 is 24.4 Å². The van der Waals surface area contributed by atoms with Gasteiger partial charge in [0, 0.05) is 0 Å². The molecule has 0 amide bonds. The Labute approximate surface area is 82.6 Å². The van der Waals surface area contributed by atoms with Gasteiger partial charge in [-0.1, -0.05) is 6.92 Å². The monoisotopic (exact) mass is 204 g/mol. The number of aliphatic hydroxyl groups excluding tert-OH is 2. The van der Waals surface area contributed by atoms with Crippen molar-refractivity contribution in [1.29, 1.82) is 0 Å². The minimum Gasteiger partial charge on any atom is -0.394 e. The molecule has 2 rings (SSSR count). The van der Waals surface area contributed by atoms with E-state index < -0.39 is 30.4 Å². The minimum atomic E-state index is -0.807. The van der Waals surface area contributed by atoms with Crippen LogP contribution in [0, 0.1) is 0 Å². The first-order valence-corrected chi connectivity index (χ1v) is 4.89. The fraction of sp³-hybridized carbons (Fsp3) is 1.00. The molecule has 0 aromatic carbocycles. The van der Waals surface area contributed by atoms with Crippen LogP contribution in [0.2, 0.25) is 0 Å². The van der Waals surface area contributed by atoms with E-state index in [0.717, 1.165) is 0 Å². The second-order valence-electron chi connectivity index (χ2n) is 3.90. The predicted octanol–water partition coefficient (Wildman–Crippen LogP) is -0.394. The summed E-state index contributed by atoms with van der Waals surface area (Å²) in [6.07, 6.45) is -1.73. The molecule has 0 aliphatic carbocycles. The molecule has 2 saturated heterocycles. The third-order valence-corrected chi connectivity index (χ3v) is 2.87. The number of hydrogen-bond acceptors (Lipinski definition) is 5. The van der Waals surface area contributed by atoms with Crippen LogP contribution in [-0.2, 0) is 14.2 Å². The van der Waals surface area contributed by atoms with Gasteiger partial charge in [-0.25, -0.2) is 0 Å². The molecule has 0 radical (unpaired) electrons. The Morgan fingerprint density at radius 2 is 2.07 bits per heavy atom. The van der Waals surface area contributed by atoms with Crippen molar-refractivity contribution >= 4 is 0 Å². The molecule has 0 aromatic heterocycles. The molecule has 0 bridgehead atoms. The van der Waals surface area contributed by atoms with Crippen molar-refractivity contribution in [3.05, 3.63) is 0 Å². The normalized spacial score (nSPS) is 52.3. The molecule has 0 saturated carbocycles. The number of ether oxygens (including phenoxy) is 3. The lowest BCUT2D eigenvalue weighted by atomic mass is 10.1. The average molecular weight is 204 g/mol. The van der Waals surface area contributed by atoms with Crippen molar-refractivity contribution in [2.45, 2.75) is 50.7 Å². The highest BCUT2D eigenvalue weighted by Gasteiger charge is 2.54. The van der Waals surface area contributed by atoms with Crippen LogP contribution < -0.4 is 0 Å². The molecule has 2 aliphatic rings. The molecular formula is C9H16O5. The second kappa shape index (κ2) is 3.43. The largest absolute Gasteiger partial charge is 0.394 e. The Morgan fingerprint density at radius 3 is 2.57 bits per heavy atom. The van der Waals surface area contributed by atoms with E-state index in [1.54, 1.807) is 0 Å². The Hall–Kier alpha value is -0.200. The van der Waals surface area contributed by atoms with Crippen molar-refractivity contribution in [1.82, 2.24) is 0 Å². The van der Waals surface area contributed by atoms with Crippen molar-refractivity contribution in [2.75, 3.05) is 6.61 Å². The summed E-state index contributed by atoms with van der Waals surface area (Å²) in [5.41, 5.74) is 0. The van der Waals surface area contributed by atoms with Gasteiger partial charge in [0.25, 0.3) is 0 Å². The van der Waals surface area contributed by atoms with E-state index >= 15 is 0 Å². The van der Waals surface area contributed by atoms with Gasteiger partial charge in [0.1, 0.15) is 18.3 Å². The molecule has 5 nitrogen and oxygen atoms in total. The van der Waals surface area contributed by atoms with E-state index in [9.17, 15) is 5.11 Å². The molecule has 0 aromatic rings. The highest BCUT2D eigenvalue weighted by atomic mass is 16.8. The summed E-state index contributed by atoms with van der Waals surface area (Å²) < 4.78 is 16.4. The van der Waals surface area contributed by atoms with Crippen molar-refractivity contribution in [3.8, 4) is 0 Å². The third-order valence-electron chi connectivity index (χ3n) is 2.87. The summed E-state index contributed by atoms with van der Waals surface area (Å²) in [4.78, 5) is 0. The van der Waals surface area contributed by atoms with E-state index in [2.05, 4.69) is 0 Å². The van der Waals surface area contributed by atoms with E-state index in [1.807, 2.05) is 13.8 Å². The summed E-state index contributed by atoms with van der Waals surface area (Å²) in [5.74, 6) is -0.670. The van der Waals surface area contributed by atoms with Gasteiger partial charge < -0.3 is 24.4 Å². The van der Waals surface area contributed by atoms with Crippen LogP contribution in [0.3, 0.4) is 0 Å².